The lowest BCUT2D eigenvalue weighted by atomic mass is 10.1. The first-order valence-electron chi connectivity index (χ1n) is 12.3. The number of carbonyl (C=O) groups excluding carboxylic acids is 3. The lowest BCUT2D eigenvalue weighted by molar-refractivity contribution is -0.151. The molecule has 1 heterocycles. The second-order valence-electron chi connectivity index (χ2n) is 10.1. The number of aromatic nitrogens is 2. The number of benzene rings is 2. The van der Waals surface area contributed by atoms with Crippen molar-refractivity contribution in [2.75, 3.05) is 0 Å². The van der Waals surface area contributed by atoms with E-state index in [4.69, 9.17) is 32.7 Å². The predicted molar refractivity (Wildman–Crippen MR) is 153 cm³/mol. The summed E-state index contributed by atoms with van der Waals surface area (Å²) in [6.07, 6.45) is -0.777. The Bertz CT molecular complexity index is 1490. The molecule has 0 aliphatic heterocycles. The van der Waals surface area contributed by atoms with Crippen molar-refractivity contribution in [1.29, 1.82) is 0 Å². The van der Waals surface area contributed by atoms with Crippen LogP contribution in [0.1, 0.15) is 50.5 Å². The van der Waals surface area contributed by atoms with Gasteiger partial charge in [-0.15, -0.1) is 0 Å². The highest BCUT2D eigenvalue weighted by Gasteiger charge is 2.28. The maximum atomic E-state index is 13.3. The number of alkyl carbamates (subject to hydrolysis) is 1. The van der Waals surface area contributed by atoms with E-state index in [1.54, 1.807) is 71.0 Å². The van der Waals surface area contributed by atoms with Gasteiger partial charge in [-0.05, 0) is 80.2 Å². The second kappa shape index (κ2) is 13.3. The molecular weight excluding hydrogens is 579 g/mol. The standard InChI is InChI=1S/C27H30Cl2N4O6S/c1-16(2)21(30-25(36)39-27(3,4)5)23(35)38-15-32-24(31-22(34)18-8-12-20(29)13-9-18)40-33(26(32)37)14-17-6-10-19(28)11-7-17/h6-13,16,21H,14-15H2,1-5H3,(H,30,36)/t21-/m0/s1. The van der Waals surface area contributed by atoms with Crippen LogP contribution >= 0.6 is 34.7 Å². The van der Waals surface area contributed by atoms with E-state index in [1.807, 2.05) is 0 Å². The van der Waals surface area contributed by atoms with Crippen LogP contribution in [0.3, 0.4) is 0 Å². The van der Waals surface area contributed by atoms with Crippen molar-refractivity contribution >= 4 is 52.7 Å². The number of amides is 2. The summed E-state index contributed by atoms with van der Waals surface area (Å²) in [7, 11) is 0. The van der Waals surface area contributed by atoms with E-state index in [0.29, 0.717) is 10.0 Å². The fourth-order valence-electron chi connectivity index (χ4n) is 3.34. The van der Waals surface area contributed by atoms with Crippen molar-refractivity contribution in [2.24, 2.45) is 10.9 Å². The maximum absolute atomic E-state index is 13.3. The Balaban J connectivity index is 1.91. The Hall–Kier alpha value is -3.41. The van der Waals surface area contributed by atoms with Crippen LogP contribution in [0.25, 0.3) is 0 Å². The van der Waals surface area contributed by atoms with Crippen LogP contribution in [-0.2, 0) is 27.5 Å². The van der Waals surface area contributed by atoms with Crippen LogP contribution in [0, 0.1) is 5.92 Å². The number of halogens is 2. The molecule has 0 saturated heterocycles. The zero-order valence-corrected chi connectivity index (χ0v) is 25.0. The molecule has 214 valence electrons. The normalized spacial score (nSPS) is 12.8. The summed E-state index contributed by atoms with van der Waals surface area (Å²) < 4.78 is 13.1. The van der Waals surface area contributed by atoms with Crippen molar-refractivity contribution in [3.05, 3.63) is 85.0 Å². The summed E-state index contributed by atoms with van der Waals surface area (Å²) in [5.41, 5.74) is -0.255. The molecule has 10 nitrogen and oxygen atoms in total. The Kier molecular flexibility index (Phi) is 10.3. The van der Waals surface area contributed by atoms with Crippen molar-refractivity contribution in [3.63, 3.8) is 0 Å². The van der Waals surface area contributed by atoms with Gasteiger partial charge in [0.15, 0.2) is 6.73 Å². The highest BCUT2D eigenvalue weighted by molar-refractivity contribution is 7.03. The van der Waals surface area contributed by atoms with Gasteiger partial charge in [0.25, 0.3) is 5.91 Å². The number of hydrogen-bond donors (Lipinski definition) is 1. The minimum Gasteiger partial charge on any atom is -0.444 e. The highest BCUT2D eigenvalue weighted by Crippen LogP contribution is 2.13. The summed E-state index contributed by atoms with van der Waals surface area (Å²) in [5.74, 6) is -1.73. The van der Waals surface area contributed by atoms with Gasteiger partial charge in [0, 0.05) is 15.6 Å². The van der Waals surface area contributed by atoms with E-state index in [2.05, 4.69) is 10.3 Å². The van der Waals surface area contributed by atoms with E-state index in [-0.39, 0.29) is 22.8 Å². The van der Waals surface area contributed by atoms with Crippen LogP contribution in [0.2, 0.25) is 10.0 Å². The first-order chi connectivity index (χ1) is 18.7. The quantitative estimate of drug-likeness (QED) is 0.365. The monoisotopic (exact) mass is 608 g/mol. The largest absolute Gasteiger partial charge is 0.444 e. The van der Waals surface area contributed by atoms with E-state index < -0.39 is 42.0 Å². The Labute approximate surface area is 245 Å². The van der Waals surface area contributed by atoms with Gasteiger partial charge in [-0.2, -0.15) is 4.99 Å². The molecule has 13 heteroatoms. The smallest absolute Gasteiger partial charge is 0.408 e. The van der Waals surface area contributed by atoms with Crippen molar-refractivity contribution in [2.45, 2.75) is 59.5 Å². The molecule has 0 aliphatic rings. The minimum absolute atomic E-state index is 0.0212. The molecule has 0 saturated carbocycles. The third-order valence-electron chi connectivity index (χ3n) is 5.32. The topological polar surface area (TPSA) is 121 Å². The number of esters is 1. The van der Waals surface area contributed by atoms with Gasteiger partial charge in [0.05, 0.1) is 6.54 Å². The van der Waals surface area contributed by atoms with Gasteiger partial charge in [0.2, 0.25) is 4.80 Å². The molecule has 2 amide bonds. The number of nitrogens with one attached hydrogen (secondary N) is 1. The molecule has 0 radical (unpaired) electrons. The van der Waals surface area contributed by atoms with Gasteiger partial charge < -0.3 is 14.8 Å². The summed E-state index contributed by atoms with van der Waals surface area (Å²) in [6, 6.07) is 12.0. The van der Waals surface area contributed by atoms with Gasteiger partial charge in [-0.1, -0.05) is 49.2 Å². The molecule has 0 aliphatic carbocycles. The molecular formula is C27H30Cl2N4O6S. The third kappa shape index (κ3) is 8.80. The van der Waals surface area contributed by atoms with E-state index >= 15 is 0 Å². The first-order valence-corrected chi connectivity index (χ1v) is 13.8. The summed E-state index contributed by atoms with van der Waals surface area (Å²) in [6.45, 7) is 8.20. The van der Waals surface area contributed by atoms with Gasteiger partial charge in [-0.25, -0.2) is 22.9 Å². The second-order valence-corrected chi connectivity index (χ2v) is 12.0. The fraction of sp³-hybridized carbons (Fsp3) is 0.370. The molecule has 40 heavy (non-hydrogen) atoms. The lowest BCUT2D eigenvalue weighted by Crippen LogP contribution is -2.47. The molecule has 0 spiro atoms. The number of hydrogen-bond acceptors (Lipinski definition) is 7. The van der Waals surface area contributed by atoms with Crippen molar-refractivity contribution in [3.8, 4) is 0 Å². The van der Waals surface area contributed by atoms with E-state index in [0.717, 1.165) is 21.7 Å². The molecule has 1 atom stereocenters. The van der Waals surface area contributed by atoms with Crippen LogP contribution in [0.5, 0.6) is 0 Å². The Morgan fingerprint density at radius 3 is 2.12 bits per heavy atom. The molecule has 2 aromatic carbocycles. The molecule has 1 aromatic heterocycles. The molecule has 1 N–H and O–H groups in total. The summed E-state index contributed by atoms with van der Waals surface area (Å²) in [4.78, 5) is 55.5. The van der Waals surface area contributed by atoms with Crippen molar-refractivity contribution in [1.82, 2.24) is 13.8 Å². The molecule has 0 unspecified atom stereocenters. The average molecular weight is 610 g/mol. The highest BCUT2D eigenvalue weighted by atomic mass is 35.5. The molecule has 0 fully saturated rings. The predicted octanol–water partition coefficient (Wildman–Crippen LogP) is 4.86. The van der Waals surface area contributed by atoms with Gasteiger partial charge in [0.1, 0.15) is 11.6 Å². The zero-order chi connectivity index (χ0) is 29.6. The third-order valence-corrected chi connectivity index (χ3v) is 6.81. The van der Waals surface area contributed by atoms with Crippen LogP contribution < -0.4 is 15.8 Å². The minimum atomic E-state index is -1.04. The number of ether oxygens (including phenoxy) is 2. The van der Waals surface area contributed by atoms with Crippen LogP contribution in [-0.4, -0.2) is 38.1 Å². The Morgan fingerprint density at radius 1 is 1.00 bits per heavy atom. The van der Waals surface area contributed by atoms with Crippen LogP contribution in [0.4, 0.5) is 4.79 Å². The maximum Gasteiger partial charge on any atom is 0.408 e. The average Bonchev–Trinajstić information content (AvgIpc) is 3.15. The number of nitrogens with zero attached hydrogens (tertiary/aromatic N) is 3. The first kappa shape index (κ1) is 31.1. The SMILES string of the molecule is CC(C)[C@H](NC(=O)OC(C)(C)C)C(=O)OCn1c(=NC(=O)c2ccc(Cl)cc2)sn(Cc2ccc(Cl)cc2)c1=O. The van der Waals surface area contributed by atoms with E-state index in [1.165, 1.54) is 16.1 Å². The van der Waals surface area contributed by atoms with Crippen molar-refractivity contribution < 1.29 is 23.9 Å². The van der Waals surface area contributed by atoms with Crippen LogP contribution in [0.15, 0.2) is 58.3 Å². The lowest BCUT2D eigenvalue weighted by Gasteiger charge is -2.24. The molecule has 3 aromatic rings. The number of rotatable bonds is 8. The number of carbonyl (C=O) groups is 3. The van der Waals surface area contributed by atoms with E-state index in [9.17, 15) is 19.2 Å². The zero-order valence-electron chi connectivity index (χ0n) is 22.6. The van der Waals surface area contributed by atoms with Gasteiger partial charge in [-0.3, -0.25) is 4.79 Å². The Morgan fingerprint density at radius 2 is 1.57 bits per heavy atom. The molecule has 3 rings (SSSR count). The fourth-order valence-corrected chi connectivity index (χ4v) is 4.54. The van der Waals surface area contributed by atoms with Gasteiger partial charge >= 0.3 is 17.8 Å². The summed E-state index contributed by atoms with van der Waals surface area (Å²) >= 11 is 12.8. The summed E-state index contributed by atoms with van der Waals surface area (Å²) in [5, 5.41) is 3.52. The molecule has 0 bridgehead atoms.